The second-order valence-corrected chi connectivity index (χ2v) is 4.00. The molecule has 0 atom stereocenters. The van der Waals surface area contributed by atoms with Gasteiger partial charge >= 0.3 is 5.82 Å². The number of nitrogens with one attached hydrogen (secondary N) is 3. The Morgan fingerprint density at radius 2 is 2.26 bits per heavy atom. The summed E-state index contributed by atoms with van der Waals surface area (Å²) in [5, 5.41) is 17.3. The minimum atomic E-state index is -0.611. The lowest BCUT2D eigenvalue weighted by atomic mass is 10.4. The highest BCUT2D eigenvalue weighted by atomic mass is 32.1. The van der Waals surface area contributed by atoms with Crippen LogP contribution >= 0.6 is 12.2 Å². The second kappa shape index (κ2) is 6.64. The van der Waals surface area contributed by atoms with E-state index >= 15 is 0 Å². The average Bonchev–Trinajstić information content (AvgIpc) is 2.69. The van der Waals surface area contributed by atoms with Gasteiger partial charge < -0.3 is 15.4 Å². The highest BCUT2D eigenvalue weighted by Crippen LogP contribution is 2.10. The average molecular weight is 286 g/mol. The van der Waals surface area contributed by atoms with E-state index < -0.39 is 10.8 Å². The Morgan fingerprint density at radius 1 is 1.58 bits per heavy atom. The van der Waals surface area contributed by atoms with Crippen molar-refractivity contribution in [2.75, 3.05) is 6.54 Å². The van der Waals surface area contributed by atoms with E-state index in [1.807, 2.05) is 6.92 Å². The van der Waals surface area contributed by atoms with E-state index in [4.69, 9.17) is 12.2 Å². The van der Waals surface area contributed by atoms with Gasteiger partial charge in [0.15, 0.2) is 5.11 Å². The summed E-state index contributed by atoms with van der Waals surface area (Å²) in [6, 6.07) is 1.30. The van der Waals surface area contributed by atoms with Crippen molar-refractivity contribution in [1.29, 1.82) is 0 Å². The minimum absolute atomic E-state index is 0.137. The van der Waals surface area contributed by atoms with E-state index in [2.05, 4.69) is 21.3 Å². The van der Waals surface area contributed by atoms with Crippen LogP contribution in [0.5, 0.6) is 0 Å². The Bertz CT molecular complexity index is 500. The third kappa shape index (κ3) is 4.50. The first-order chi connectivity index (χ1) is 8.93. The number of carbonyl (C=O) groups excluding carboxylic acids is 1. The summed E-state index contributed by atoms with van der Waals surface area (Å²) in [4.78, 5) is 21.5. The molecule has 10 heteroatoms. The molecule has 0 radical (unpaired) electrons. The highest BCUT2D eigenvalue weighted by molar-refractivity contribution is 7.80. The zero-order valence-corrected chi connectivity index (χ0v) is 11.3. The molecule has 1 amide bonds. The number of amides is 1. The summed E-state index contributed by atoms with van der Waals surface area (Å²) in [5.41, 5.74) is 5.38. The molecule has 0 aromatic carbocycles. The summed E-state index contributed by atoms with van der Waals surface area (Å²) in [7, 11) is 0. The van der Waals surface area contributed by atoms with E-state index in [0.29, 0.717) is 17.4 Å². The molecule has 3 N–H and O–H groups in total. The van der Waals surface area contributed by atoms with Crippen molar-refractivity contribution >= 4 is 29.1 Å². The van der Waals surface area contributed by atoms with Gasteiger partial charge in [-0.25, -0.2) is 0 Å². The van der Waals surface area contributed by atoms with Gasteiger partial charge in [0.2, 0.25) is 0 Å². The lowest BCUT2D eigenvalue weighted by Gasteiger charge is -2.09. The predicted molar refractivity (Wildman–Crippen MR) is 71.2 cm³/mol. The molecule has 0 fully saturated rings. The number of aryl methyl sites for hydroxylation is 1. The van der Waals surface area contributed by atoms with Crippen LogP contribution in [-0.4, -0.2) is 32.3 Å². The van der Waals surface area contributed by atoms with E-state index in [-0.39, 0.29) is 12.4 Å². The SMILES string of the molecule is CCNC(=S)NNC(=O)Cn1nc([N+](=O)[O-])cc1C. The van der Waals surface area contributed by atoms with Gasteiger partial charge in [0.05, 0.1) is 16.9 Å². The number of thiocarbonyl (C=S) groups is 1. The molecule has 1 heterocycles. The first kappa shape index (κ1) is 14.8. The van der Waals surface area contributed by atoms with E-state index in [1.54, 1.807) is 6.92 Å². The quantitative estimate of drug-likeness (QED) is 0.392. The molecule has 9 nitrogen and oxygen atoms in total. The number of hydrogen-bond acceptors (Lipinski definition) is 5. The van der Waals surface area contributed by atoms with E-state index in [1.165, 1.54) is 10.7 Å². The molecule has 0 unspecified atom stereocenters. The van der Waals surface area contributed by atoms with Gasteiger partial charge in [0.1, 0.15) is 6.54 Å². The zero-order valence-electron chi connectivity index (χ0n) is 10.5. The molecule has 19 heavy (non-hydrogen) atoms. The normalized spacial score (nSPS) is 9.79. The van der Waals surface area contributed by atoms with Crippen LogP contribution in [0.1, 0.15) is 12.6 Å². The van der Waals surface area contributed by atoms with Crippen molar-refractivity contribution < 1.29 is 9.72 Å². The summed E-state index contributed by atoms with van der Waals surface area (Å²) in [6.07, 6.45) is 0. The molecule has 0 saturated heterocycles. The fourth-order valence-corrected chi connectivity index (χ4v) is 1.44. The van der Waals surface area contributed by atoms with Crippen molar-refractivity contribution in [3.05, 3.63) is 21.9 Å². The van der Waals surface area contributed by atoms with Crippen LogP contribution in [-0.2, 0) is 11.3 Å². The van der Waals surface area contributed by atoms with Gasteiger partial charge in [-0.3, -0.25) is 15.6 Å². The van der Waals surface area contributed by atoms with Crippen molar-refractivity contribution in [3.63, 3.8) is 0 Å². The molecule has 1 rings (SSSR count). The van der Waals surface area contributed by atoms with Crippen LogP contribution in [0.25, 0.3) is 0 Å². The monoisotopic (exact) mass is 286 g/mol. The van der Waals surface area contributed by atoms with Crippen molar-refractivity contribution in [1.82, 2.24) is 25.9 Å². The first-order valence-electron chi connectivity index (χ1n) is 5.45. The molecule has 0 bridgehead atoms. The van der Waals surface area contributed by atoms with Crippen molar-refractivity contribution in [2.45, 2.75) is 20.4 Å². The molecule has 104 valence electrons. The van der Waals surface area contributed by atoms with Gasteiger partial charge in [-0.2, -0.15) is 4.68 Å². The maximum Gasteiger partial charge on any atom is 0.390 e. The molecular formula is C9H14N6O3S. The molecule has 0 aliphatic heterocycles. The third-order valence-electron chi connectivity index (χ3n) is 2.10. The van der Waals surface area contributed by atoms with Crippen LogP contribution < -0.4 is 16.2 Å². The summed E-state index contributed by atoms with van der Waals surface area (Å²) in [5.74, 6) is -0.706. The highest BCUT2D eigenvalue weighted by Gasteiger charge is 2.17. The maximum atomic E-state index is 11.6. The summed E-state index contributed by atoms with van der Waals surface area (Å²) >= 11 is 4.85. The van der Waals surface area contributed by atoms with E-state index in [0.717, 1.165) is 0 Å². The fourth-order valence-electron chi connectivity index (χ4n) is 1.25. The van der Waals surface area contributed by atoms with Gasteiger partial charge in [-0.15, -0.1) is 0 Å². The van der Waals surface area contributed by atoms with Gasteiger partial charge in [0.25, 0.3) is 5.91 Å². The lowest BCUT2D eigenvalue weighted by molar-refractivity contribution is -0.389. The largest absolute Gasteiger partial charge is 0.390 e. The number of rotatable bonds is 4. The Balaban J connectivity index is 2.53. The molecule has 0 aliphatic rings. The van der Waals surface area contributed by atoms with Crippen LogP contribution in [0, 0.1) is 17.0 Å². The van der Waals surface area contributed by atoms with Crippen LogP contribution in [0.2, 0.25) is 0 Å². The fraction of sp³-hybridized carbons (Fsp3) is 0.444. The molecule has 0 saturated carbocycles. The van der Waals surface area contributed by atoms with Crippen molar-refractivity contribution in [3.8, 4) is 0 Å². The number of nitro groups is 1. The summed E-state index contributed by atoms with van der Waals surface area (Å²) < 4.78 is 1.24. The molecule has 1 aromatic rings. The zero-order chi connectivity index (χ0) is 14.4. The number of hydrogen-bond donors (Lipinski definition) is 3. The number of aromatic nitrogens is 2. The van der Waals surface area contributed by atoms with Crippen LogP contribution in [0.15, 0.2) is 6.07 Å². The van der Waals surface area contributed by atoms with Crippen molar-refractivity contribution in [2.24, 2.45) is 0 Å². The number of hydrazine groups is 1. The smallest absolute Gasteiger partial charge is 0.362 e. The first-order valence-corrected chi connectivity index (χ1v) is 5.86. The standard InChI is InChI=1S/C9H14N6O3S/c1-3-10-9(19)12-11-8(16)5-14-6(2)4-7(13-14)15(17)18/h4H,3,5H2,1-2H3,(H,11,16)(H2,10,12,19). The Labute approximate surface area is 114 Å². The van der Waals surface area contributed by atoms with Gasteiger partial charge in [0, 0.05) is 6.54 Å². The maximum absolute atomic E-state index is 11.6. The molecular weight excluding hydrogens is 272 g/mol. The number of nitrogens with zero attached hydrogens (tertiary/aromatic N) is 3. The minimum Gasteiger partial charge on any atom is -0.362 e. The van der Waals surface area contributed by atoms with Crippen LogP contribution in [0.3, 0.4) is 0 Å². The van der Waals surface area contributed by atoms with E-state index in [9.17, 15) is 14.9 Å². The molecule has 0 spiro atoms. The summed E-state index contributed by atoms with van der Waals surface area (Å²) in [6.45, 7) is 3.99. The predicted octanol–water partition coefficient (Wildman–Crippen LogP) is -0.385. The van der Waals surface area contributed by atoms with Gasteiger partial charge in [-0.05, 0) is 31.0 Å². The number of carbonyl (C=O) groups is 1. The second-order valence-electron chi connectivity index (χ2n) is 3.59. The van der Waals surface area contributed by atoms with Crippen LogP contribution in [0.4, 0.5) is 5.82 Å². The molecule has 0 aliphatic carbocycles. The molecule has 1 aromatic heterocycles. The third-order valence-corrected chi connectivity index (χ3v) is 2.35. The Kier molecular flexibility index (Phi) is 5.18. The Morgan fingerprint density at radius 3 is 2.79 bits per heavy atom. The van der Waals surface area contributed by atoms with Gasteiger partial charge in [-0.1, -0.05) is 0 Å². The topological polar surface area (TPSA) is 114 Å². The Hall–Kier alpha value is -2.23. The lowest BCUT2D eigenvalue weighted by Crippen LogP contribution is -2.47.